The summed E-state index contributed by atoms with van der Waals surface area (Å²) < 4.78 is 10.7. The summed E-state index contributed by atoms with van der Waals surface area (Å²) in [6.07, 6.45) is 0. The minimum absolute atomic E-state index is 0.909. The number of rotatable bonds is 8. The van der Waals surface area contributed by atoms with E-state index < -0.39 is 0 Å². The van der Waals surface area contributed by atoms with Gasteiger partial charge >= 0.3 is 0 Å². The molecule has 7 heteroatoms. The second-order valence-corrected chi connectivity index (χ2v) is 9.09. The van der Waals surface area contributed by atoms with Crippen LogP contribution in [-0.2, 0) is 9.47 Å². The van der Waals surface area contributed by atoms with E-state index in [-0.39, 0.29) is 0 Å². The van der Waals surface area contributed by atoms with E-state index in [1.54, 1.807) is 0 Å². The first kappa shape index (κ1) is 16.3. The molecule has 0 N–H and O–H groups in total. The van der Waals surface area contributed by atoms with Gasteiger partial charge < -0.3 is 9.47 Å². The molecule has 0 amide bonds. The molecule has 0 unspecified atom stereocenters. The molecule has 0 atom stereocenters. The highest BCUT2D eigenvalue weighted by atomic mass is 33.5. The van der Waals surface area contributed by atoms with E-state index in [2.05, 4.69) is 9.80 Å². The maximum atomic E-state index is 5.35. The molecule has 0 spiro atoms. The van der Waals surface area contributed by atoms with Crippen molar-refractivity contribution in [3.8, 4) is 0 Å². The SMILES string of the molecule is C1CN(CCSSSCCN2CCOCC2)CCO1. The van der Waals surface area contributed by atoms with Gasteiger partial charge in [-0.25, -0.2) is 0 Å². The summed E-state index contributed by atoms with van der Waals surface area (Å²) in [4.78, 5) is 4.99. The summed E-state index contributed by atoms with van der Waals surface area (Å²) in [6.45, 7) is 10.5. The molecule has 112 valence electrons. The topological polar surface area (TPSA) is 24.9 Å². The van der Waals surface area contributed by atoms with Gasteiger partial charge in [-0.15, -0.1) is 0 Å². The van der Waals surface area contributed by atoms with Gasteiger partial charge in [0.2, 0.25) is 0 Å². The van der Waals surface area contributed by atoms with E-state index >= 15 is 0 Å². The molecule has 19 heavy (non-hydrogen) atoms. The smallest absolute Gasteiger partial charge is 0.0594 e. The van der Waals surface area contributed by atoms with Crippen LogP contribution in [0.4, 0.5) is 0 Å². The molecule has 0 aromatic rings. The Bertz CT molecular complexity index is 203. The van der Waals surface area contributed by atoms with E-state index in [9.17, 15) is 0 Å². The van der Waals surface area contributed by atoms with Crippen molar-refractivity contribution in [2.24, 2.45) is 0 Å². The van der Waals surface area contributed by atoms with Gasteiger partial charge in [0, 0.05) is 50.8 Å². The molecule has 2 aliphatic heterocycles. The Morgan fingerprint density at radius 3 is 1.53 bits per heavy atom. The molecule has 0 saturated carbocycles. The summed E-state index contributed by atoms with van der Waals surface area (Å²) in [5.74, 6) is 2.43. The summed E-state index contributed by atoms with van der Waals surface area (Å²) in [6, 6.07) is 0. The molecule has 0 aromatic carbocycles. The van der Waals surface area contributed by atoms with Gasteiger partial charge in [-0.1, -0.05) is 21.6 Å². The van der Waals surface area contributed by atoms with E-state index in [1.807, 2.05) is 31.4 Å². The second-order valence-electron chi connectivity index (χ2n) is 4.62. The molecule has 2 saturated heterocycles. The number of hydrogen-bond donors (Lipinski definition) is 0. The summed E-state index contributed by atoms with van der Waals surface area (Å²) >= 11 is 0. The Balaban J connectivity index is 1.35. The van der Waals surface area contributed by atoms with Crippen molar-refractivity contribution >= 4 is 31.4 Å². The Morgan fingerprint density at radius 2 is 1.11 bits per heavy atom. The minimum atomic E-state index is 0.909. The van der Waals surface area contributed by atoms with Gasteiger partial charge in [0.15, 0.2) is 0 Å². The molecule has 0 bridgehead atoms. The highest BCUT2D eigenvalue weighted by molar-refractivity contribution is 9.09. The monoisotopic (exact) mass is 324 g/mol. The van der Waals surface area contributed by atoms with Crippen LogP contribution in [0.3, 0.4) is 0 Å². The molecular weight excluding hydrogens is 300 g/mol. The predicted octanol–water partition coefficient (Wildman–Crippen LogP) is 1.68. The molecule has 2 fully saturated rings. The molecule has 0 radical (unpaired) electrons. The molecule has 0 aromatic heterocycles. The molecule has 2 heterocycles. The fraction of sp³-hybridized carbons (Fsp3) is 1.00. The van der Waals surface area contributed by atoms with Crippen LogP contribution in [0, 0.1) is 0 Å². The number of ether oxygens (including phenoxy) is 2. The lowest BCUT2D eigenvalue weighted by atomic mass is 10.4. The third kappa shape index (κ3) is 7.45. The van der Waals surface area contributed by atoms with Crippen LogP contribution < -0.4 is 0 Å². The lowest BCUT2D eigenvalue weighted by molar-refractivity contribution is 0.0410. The Kier molecular flexibility index (Phi) is 9.07. The Hall–Kier alpha value is 0.890. The molecular formula is C12H24N2O2S3. The van der Waals surface area contributed by atoms with Crippen molar-refractivity contribution in [1.29, 1.82) is 0 Å². The average Bonchev–Trinajstić information content (AvgIpc) is 2.48. The van der Waals surface area contributed by atoms with Gasteiger partial charge in [0.1, 0.15) is 0 Å². The highest BCUT2D eigenvalue weighted by Crippen LogP contribution is 2.34. The van der Waals surface area contributed by atoms with Gasteiger partial charge in [-0.2, -0.15) is 0 Å². The van der Waals surface area contributed by atoms with Crippen molar-refractivity contribution in [3.05, 3.63) is 0 Å². The van der Waals surface area contributed by atoms with Crippen LogP contribution in [0.25, 0.3) is 0 Å². The van der Waals surface area contributed by atoms with Crippen LogP contribution in [-0.4, -0.2) is 87.0 Å². The quantitative estimate of drug-likeness (QED) is 0.495. The summed E-state index contributed by atoms with van der Waals surface area (Å²) in [5, 5.41) is 0. The summed E-state index contributed by atoms with van der Waals surface area (Å²) in [7, 11) is 5.92. The van der Waals surface area contributed by atoms with Gasteiger partial charge in [-0.05, 0) is 9.83 Å². The first-order valence-corrected chi connectivity index (χ1v) is 10.8. The third-order valence-corrected chi connectivity index (χ3v) is 7.49. The zero-order valence-electron chi connectivity index (χ0n) is 11.4. The van der Waals surface area contributed by atoms with E-state index in [1.165, 1.54) is 24.6 Å². The largest absolute Gasteiger partial charge is 0.379 e. The average molecular weight is 325 g/mol. The first-order chi connectivity index (χ1) is 9.45. The lowest BCUT2D eigenvalue weighted by Gasteiger charge is -2.26. The maximum absolute atomic E-state index is 5.35. The maximum Gasteiger partial charge on any atom is 0.0594 e. The zero-order chi connectivity index (χ0) is 13.2. The number of nitrogens with zero attached hydrogens (tertiary/aromatic N) is 2. The minimum Gasteiger partial charge on any atom is -0.379 e. The zero-order valence-corrected chi connectivity index (χ0v) is 13.9. The van der Waals surface area contributed by atoms with Crippen molar-refractivity contribution in [1.82, 2.24) is 9.80 Å². The van der Waals surface area contributed by atoms with Gasteiger partial charge in [0.25, 0.3) is 0 Å². The molecule has 0 aliphatic carbocycles. The van der Waals surface area contributed by atoms with Crippen molar-refractivity contribution < 1.29 is 9.47 Å². The van der Waals surface area contributed by atoms with Crippen LogP contribution in [0.15, 0.2) is 0 Å². The summed E-state index contributed by atoms with van der Waals surface area (Å²) in [5.41, 5.74) is 0. The van der Waals surface area contributed by atoms with Crippen molar-refractivity contribution in [3.63, 3.8) is 0 Å². The number of morpholine rings is 2. The van der Waals surface area contributed by atoms with Crippen LogP contribution in [0.5, 0.6) is 0 Å². The number of hydrogen-bond acceptors (Lipinski definition) is 7. The van der Waals surface area contributed by atoms with Crippen molar-refractivity contribution in [2.45, 2.75) is 0 Å². The normalized spacial score (nSPS) is 22.7. The van der Waals surface area contributed by atoms with Crippen LogP contribution in [0.2, 0.25) is 0 Å². The van der Waals surface area contributed by atoms with E-state index in [0.29, 0.717) is 0 Å². The third-order valence-electron chi connectivity index (χ3n) is 3.29. The van der Waals surface area contributed by atoms with Crippen molar-refractivity contribution in [2.75, 3.05) is 77.2 Å². The molecule has 2 aliphatic rings. The molecule has 2 rings (SSSR count). The first-order valence-electron chi connectivity index (χ1n) is 6.96. The van der Waals surface area contributed by atoms with Gasteiger partial charge in [0.05, 0.1) is 26.4 Å². The lowest BCUT2D eigenvalue weighted by Crippen LogP contribution is -2.37. The fourth-order valence-electron chi connectivity index (χ4n) is 2.08. The Labute approximate surface area is 128 Å². The molecule has 4 nitrogen and oxygen atoms in total. The predicted molar refractivity (Wildman–Crippen MR) is 87.0 cm³/mol. The fourth-order valence-corrected chi connectivity index (χ4v) is 5.85. The standard InChI is InChI=1S/C12H24N2O2S3/c1-7-15-8-2-13(1)5-11-17-19-18-12-6-14-3-9-16-10-4-14/h1-12H2. The van der Waals surface area contributed by atoms with E-state index in [0.717, 1.165) is 52.6 Å². The van der Waals surface area contributed by atoms with E-state index in [4.69, 9.17) is 9.47 Å². The van der Waals surface area contributed by atoms with Crippen LogP contribution >= 0.6 is 31.4 Å². The second kappa shape index (κ2) is 10.6. The van der Waals surface area contributed by atoms with Gasteiger partial charge in [-0.3, -0.25) is 9.80 Å². The highest BCUT2D eigenvalue weighted by Gasteiger charge is 2.10. The Morgan fingerprint density at radius 1 is 0.684 bits per heavy atom. The van der Waals surface area contributed by atoms with Crippen LogP contribution in [0.1, 0.15) is 0 Å².